The van der Waals surface area contributed by atoms with Crippen molar-refractivity contribution in [1.29, 1.82) is 0 Å². The third kappa shape index (κ3) is 2.61. The van der Waals surface area contributed by atoms with Crippen molar-refractivity contribution in [3.8, 4) is 0 Å². The predicted octanol–water partition coefficient (Wildman–Crippen LogP) is 3.55. The van der Waals surface area contributed by atoms with Gasteiger partial charge in [-0.05, 0) is 43.4 Å². The fourth-order valence-corrected chi connectivity index (χ4v) is 2.97. The average molecular weight is 310 g/mol. The number of hydrogen-bond acceptors (Lipinski definition) is 1. The molecule has 1 saturated heterocycles. The van der Waals surface area contributed by atoms with Crippen LogP contribution in [-0.4, -0.2) is 28.7 Å². The van der Waals surface area contributed by atoms with E-state index in [1.165, 1.54) is 5.56 Å². The summed E-state index contributed by atoms with van der Waals surface area (Å²) in [5.41, 5.74) is 3.14. The summed E-state index contributed by atoms with van der Waals surface area (Å²) >= 11 is 3.67. The number of piperidine rings is 1. The molecule has 1 aliphatic heterocycles. The van der Waals surface area contributed by atoms with Gasteiger partial charge in [-0.25, -0.2) is 0 Å². The molecule has 0 saturated carbocycles. The smallest absolute Gasteiger partial charge is 0.254 e. The maximum atomic E-state index is 12.5. The van der Waals surface area contributed by atoms with Crippen molar-refractivity contribution in [2.45, 2.75) is 32.0 Å². The Kier molecular flexibility index (Phi) is 4.10. The third-order valence-corrected chi connectivity index (χ3v) is 5.18. The monoisotopic (exact) mass is 309 g/mol. The molecule has 2 atom stereocenters. The van der Waals surface area contributed by atoms with Crippen LogP contribution in [0.15, 0.2) is 18.2 Å². The van der Waals surface area contributed by atoms with Crippen molar-refractivity contribution in [3.63, 3.8) is 0 Å². The van der Waals surface area contributed by atoms with E-state index in [0.717, 1.165) is 30.6 Å². The second-order valence-electron chi connectivity index (χ2n) is 5.28. The van der Waals surface area contributed by atoms with Gasteiger partial charge in [0, 0.05) is 23.5 Å². The first-order chi connectivity index (χ1) is 8.50. The van der Waals surface area contributed by atoms with E-state index in [9.17, 15) is 4.79 Å². The fraction of sp³-hybridized carbons (Fsp3) is 0.533. The highest BCUT2D eigenvalue weighted by Gasteiger charge is 2.28. The minimum atomic E-state index is 0.174. The van der Waals surface area contributed by atoms with Gasteiger partial charge in [0.2, 0.25) is 0 Å². The van der Waals surface area contributed by atoms with E-state index >= 15 is 0 Å². The number of benzene rings is 1. The Balaban J connectivity index is 2.19. The molecule has 0 bridgehead atoms. The number of likely N-dealkylation sites (tertiary alicyclic amines) is 1. The number of carbonyl (C=O) groups is 1. The van der Waals surface area contributed by atoms with Gasteiger partial charge in [-0.15, -0.1) is 0 Å². The van der Waals surface area contributed by atoms with E-state index in [2.05, 4.69) is 35.8 Å². The quantitative estimate of drug-likeness (QED) is 0.727. The van der Waals surface area contributed by atoms with Gasteiger partial charge >= 0.3 is 0 Å². The summed E-state index contributed by atoms with van der Waals surface area (Å²) in [5, 5.41) is 0. The summed E-state index contributed by atoms with van der Waals surface area (Å²) in [4.78, 5) is 14.9. The average Bonchev–Trinajstić information content (AvgIpc) is 2.35. The van der Waals surface area contributed by atoms with Gasteiger partial charge in [-0.3, -0.25) is 4.79 Å². The van der Waals surface area contributed by atoms with Crippen molar-refractivity contribution in [1.82, 2.24) is 4.90 Å². The van der Waals surface area contributed by atoms with Crippen LogP contribution in [0.4, 0.5) is 0 Å². The van der Waals surface area contributed by atoms with E-state index in [1.54, 1.807) is 0 Å². The van der Waals surface area contributed by atoms with Crippen LogP contribution in [0.25, 0.3) is 0 Å². The number of hydrogen-bond donors (Lipinski definition) is 0. The molecule has 0 aliphatic carbocycles. The molecule has 0 aromatic heterocycles. The molecule has 1 aromatic rings. The zero-order chi connectivity index (χ0) is 13.3. The second-order valence-corrected chi connectivity index (χ2v) is 6.46. The van der Waals surface area contributed by atoms with Crippen molar-refractivity contribution in [2.75, 3.05) is 13.1 Å². The van der Waals surface area contributed by atoms with E-state index in [-0.39, 0.29) is 5.91 Å². The number of carbonyl (C=O) groups excluding carboxylic acids is 1. The van der Waals surface area contributed by atoms with E-state index in [4.69, 9.17) is 0 Å². The van der Waals surface area contributed by atoms with Crippen LogP contribution in [0.1, 0.15) is 34.8 Å². The Hall–Kier alpha value is -0.830. The van der Waals surface area contributed by atoms with Crippen molar-refractivity contribution in [3.05, 3.63) is 34.9 Å². The Morgan fingerprint density at radius 2 is 2.11 bits per heavy atom. The van der Waals surface area contributed by atoms with Crippen LogP contribution in [0.2, 0.25) is 0 Å². The summed E-state index contributed by atoms with van der Waals surface area (Å²) in [6, 6.07) is 5.96. The zero-order valence-corrected chi connectivity index (χ0v) is 12.8. The van der Waals surface area contributed by atoms with Crippen molar-refractivity contribution < 1.29 is 4.79 Å². The maximum absolute atomic E-state index is 12.5. The van der Waals surface area contributed by atoms with Crippen molar-refractivity contribution >= 4 is 21.8 Å². The molecule has 1 aliphatic rings. The Labute approximate surface area is 117 Å². The van der Waals surface area contributed by atoms with E-state index in [1.807, 2.05) is 24.0 Å². The summed E-state index contributed by atoms with van der Waals surface area (Å²) in [5.74, 6) is 0.820. The topological polar surface area (TPSA) is 20.3 Å². The van der Waals surface area contributed by atoms with Crippen LogP contribution < -0.4 is 0 Å². The molecular formula is C15H20BrNO. The van der Waals surface area contributed by atoms with Gasteiger partial charge in [0.25, 0.3) is 5.91 Å². The minimum absolute atomic E-state index is 0.174. The van der Waals surface area contributed by atoms with Gasteiger partial charge in [0.15, 0.2) is 0 Å². The van der Waals surface area contributed by atoms with Crippen molar-refractivity contribution in [2.24, 2.45) is 5.92 Å². The van der Waals surface area contributed by atoms with E-state index in [0.29, 0.717) is 10.7 Å². The molecule has 1 aromatic carbocycles. The van der Waals surface area contributed by atoms with Gasteiger partial charge < -0.3 is 4.90 Å². The highest BCUT2D eigenvalue weighted by Crippen LogP contribution is 2.25. The highest BCUT2D eigenvalue weighted by molar-refractivity contribution is 9.09. The Bertz CT molecular complexity index is 458. The molecular weight excluding hydrogens is 290 g/mol. The molecule has 98 valence electrons. The lowest BCUT2D eigenvalue weighted by Crippen LogP contribution is -2.43. The molecule has 18 heavy (non-hydrogen) atoms. The molecule has 1 heterocycles. The molecule has 2 rings (SSSR count). The lowest BCUT2D eigenvalue weighted by molar-refractivity contribution is 0.0705. The molecule has 0 N–H and O–H groups in total. The maximum Gasteiger partial charge on any atom is 0.254 e. The minimum Gasteiger partial charge on any atom is -0.337 e. The lowest BCUT2D eigenvalue weighted by Gasteiger charge is -2.34. The van der Waals surface area contributed by atoms with Gasteiger partial charge in [-0.1, -0.05) is 35.0 Å². The normalized spacial score (nSPS) is 24.1. The standard InChI is InChI=1S/C15H20BrNO/c1-10-5-4-6-13(12(10)3)15(18)17-8-7-11(2)14(16)9-17/h4-6,11,14H,7-9H2,1-3H3. The van der Waals surface area contributed by atoms with Crippen LogP contribution in [0.5, 0.6) is 0 Å². The summed E-state index contributed by atoms with van der Waals surface area (Å²) in [6.07, 6.45) is 1.08. The Morgan fingerprint density at radius 1 is 1.39 bits per heavy atom. The lowest BCUT2D eigenvalue weighted by atomic mass is 9.97. The molecule has 2 unspecified atom stereocenters. The number of nitrogens with zero attached hydrogens (tertiary/aromatic N) is 1. The molecule has 1 fully saturated rings. The summed E-state index contributed by atoms with van der Waals surface area (Å²) in [7, 11) is 0. The first-order valence-corrected chi connectivity index (χ1v) is 7.42. The predicted molar refractivity (Wildman–Crippen MR) is 78.3 cm³/mol. The first kappa shape index (κ1) is 13.6. The van der Waals surface area contributed by atoms with E-state index < -0.39 is 0 Å². The largest absolute Gasteiger partial charge is 0.337 e. The number of halogens is 1. The van der Waals surface area contributed by atoms with Crippen LogP contribution in [0.3, 0.4) is 0 Å². The number of rotatable bonds is 1. The van der Waals surface area contributed by atoms with Crippen LogP contribution in [0, 0.1) is 19.8 Å². The number of amides is 1. The molecule has 1 amide bonds. The molecule has 2 nitrogen and oxygen atoms in total. The van der Waals surface area contributed by atoms with Crippen LogP contribution in [-0.2, 0) is 0 Å². The molecule has 0 radical (unpaired) electrons. The fourth-order valence-electron chi connectivity index (χ4n) is 2.36. The molecule has 0 spiro atoms. The van der Waals surface area contributed by atoms with Gasteiger partial charge in [0.1, 0.15) is 0 Å². The summed E-state index contributed by atoms with van der Waals surface area (Å²) in [6.45, 7) is 8.00. The van der Waals surface area contributed by atoms with Crippen LogP contribution >= 0.6 is 15.9 Å². The second kappa shape index (κ2) is 5.43. The number of aryl methyl sites for hydroxylation is 1. The first-order valence-electron chi connectivity index (χ1n) is 6.50. The highest BCUT2D eigenvalue weighted by atomic mass is 79.9. The summed E-state index contributed by atoms with van der Waals surface area (Å²) < 4.78 is 0. The molecule has 3 heteroatoms. The zero-order valence-electron chi connectivity index (χ0n) is 11.2. The van der Waals surface area contributed by atoms with Gasteiger partial charge in [0.05, 0.1) is 0 Å². The Morgan fingerprint density at radius 3 is 2.78 bits per heavy atom. The SMILES string of the molecule is Cc1cccc(C(=O)N2CCC(C)C(Br)C2)c1C. The third-order valence-electron chi connectivity index (χ3n) is 3.99. The number of alkyl halides is 1. The van der Waals surface area contributed by atoms with Gasteiger partial charge in [-0.2, -0.15) is 0 Å².